The molecule has 0 saturated heterocycles. The molecule has 102 valence electrons. The molecule has 0 aliphatic rings. The van der Waals surface area contributed by atoms with E-state index in [1.54, 1.807) is 6.07 Å². The van der Waals surface area contributed by atoms with Crippen molar-refractivity contribution in [1.82, 2.24) is 0 Å². The summed E-state index contributed by atoms with van der Waals surface area (Å²) in [6.45, 7) is 0. The maximum absolute atomic E-state index is 11.0. The quantitative estimate of drug-likeness (QED) is 0.685. The number of benzene rings is 2. The van der Waals surface area contributed by atoms with Crippen molar-refractivity contribution in [3.8, 4) is 11.5 Å². The molecule has 7 heteroatoms. The second-order valence-electron chi connectivity index (χ2n) is 3.77. The zero-order chi connectivity index (χ0) is 14.7. The standard InChI is InChI=1S/C13H8ClNO5/c14-8-5-6-12(10(7-8)15(18)19)20-11-4-2-1-3-9(11)13(16)17/h1-7H,(H,16,17). The highest BCUT2D eigenvalue weighted by Gasteiger charge is 2.19. The molecule has 0 aromatic heterocycles. The van der Waals surface area contributed by atoms with Gasteiger partial charge in [0.25, 0.3) is 0 Å². The highest BCUT2D eigenvalue weighted by Crippen LogP contribution is 2.34. The van der Waals surface area contributed by atoms with Crippen LogP contribution in [0.15, 0.2) is 42.5 Å². The largest absolute Gasteiger partial charge is 0.478 e. The summed E-state index contributed by atoms with van der Waals surface area (Å²) in [7, 11) is 0. The second-order valence-corrected chi connectivity index (χ2v) is 4.21. The van der Waals surface area contributed by atoms with Gasteiger partial charge in [-0.1, -0.05) is 23.7 Å². The fourth-order valence-corrected chi connectivity index (χ4v) is 1.74. The summed E-state index contributed by atoms with van der Waals surface area (Å²) in [5.74, 6) is -1.24. The molecule has 0 aliphatic carbocycles. The first-order valence-electron chi connectivity index (χ1n) is 5.43. The molecular formula is C13H8ClNO5. The van der Waals surface area contributed by atoms with Crippen molar-refractivity contribution in [3.05, 3.63) is 63.2 Å². The first kappa shape index (κ1) is 13.8. The van der Waals surface area contributed by atoms with Gasteiger partial charge in [0.2, 0.25) is 5.75 Å². The van der Waals surface area contributed by atoms with Crippen LogP contribution in [0.4, 0.5) is 5.69 Å². The maximum atomic E-state index is 11.0. The van der Waals surface area contributed by atoms with E-state index in [4.69, 9.17) is 21.4 Å². The van der Waals surface area contributed by atoms with E-state index in [-0.39, 0.29) is 27.8 Å². The van der Waals surface area contributed by atoms with Crippen molar-refractivity contribution < 1.29 is 19.6 Å². The van der Waals surface area contributed by atoms with Crippen LogP contribution in [0, 0.1) is 10.1 Å². The summed E-state index contributed by atoms with van der Waals surface area (Å²) in [5.41, 5.74) is -0.422. The van der Waals surface area contributed by atoms with Crippen molar-refractivity contribution >= 4 is 23.3 Å². The average molecular weight is 294 g/mol. The minimum absolute atomic E-state index is 0.0189. The number of halogens is 1. The summed E-state index contributed by atoms with van der Waals surface area (Å²) in [6.07, 6.45) is 0. The van der Waals surface area contributed by atoms with Crippen LogP contribution >= 0.6 is 11.6 Å². The third-order valence-corrected chi connectivity index (χ3v) is 2.69. The summed E-state index contributed by atoms with van der Waals surface area (Å²) in [4.78, 5) is 21.3. The topological polar surface area (TPSA) is 89.7 Å². The predicted octanol–water partition coefficient (Wildman–Crippen LogP) is 3.74. The van der Waals surface area contributed by atoms with Gasteiger partial charge in [-0.15, -0.1) is 0 Å². The van der Waals surface area contributed by atoms with Crippen LogP contribution in [-0.4, -0.2) is 16.0 Å². The van der Waals surface area contributed by atoms with E-state index >= 15 is 0 Å². The first-order valence-corrected chi connectivity index (χ1v) is 5.81. The van der Waals surface area contributed by atoms with Crippen molar-refractivity contribution in [3.63, 3.8) is 0 Å². The number of nitro groups is 1. The molecule has 0 saturated carbocycles. The number of aromatic carboxylic acids is 1. The summed E-state index contributed by atoms with van der Waals surface area (Å²) < 4.78 is 5.34. The lowest BCUT2D eigenvalue weighted by Gasteiger charge is -2.08. The summed E-state index contributed by atoms with van der Waals surface area (Å²) in [5, 5.41) is 20.2. The van der Waals surface area contributed by atoms with Crippen LogP contribution < -0.4 is 4.74 Å². The number of ether oxygens (including phenoxy) is 1. The molecule has 1 N–H and O–H groups in total. The number of rotatable bonds is 4. The van der Waals surface area contributed by atoms with Gasteiger partial charge in [0.15, 0.2) is 0 Å². The molecule has 0 unspecified atom stereocenters. The van der Waals surface area contributed by atoms with Crippen LogP contribution in [0.2, 0.25) is 5.02 Å². The second kappa shape index (κ2) is 5.58. The third kappa shape index (κ3) is 2.86. The van der Waals surface area contributed by atoms with E-state index in [0.717, 1.165) is 6.07 Å². The Morgan fingerprint density at radius 2 is 1.90 bits per heavy atom. The Kier molecular flexibility index (Phi) is 3.86. The van der Waals surface area contributed by atoms with Gasteiger partial charge in [-0.3, -0.25) is 10.1 Å². The molecule has 0 radical (unpaired) electrons. The molecule has 2 aromatic carbocycles. The summed E-state index contributed by atoms with van der Waals surface area (Å²) in [6, 6.07) is 9.75. The molecule has 0 atom stereocenters. The lowest BCUT2D eigenvalue weighted by molar-refractivity contribution is -0.385. The third-order valence-electron chi connectivity index (χ3n) is 2.46. The van der Waals surface area contributed by atoms with Gasteiger partial charge >= 0.3 is 11.7 Å². The molecular weight excluding hydrogens is 286 g/mol. The minimum Gasteiger partial charge on any atom is -0.478 e. The number of para-hydroxylation sites is 1. The number of carboxylic acid groups (broad SMARTS) is 1. The smallest absolute Gasteiger partial charge is 0.339 e. The van der Waals surface area contributed by atoms with Gasteiger partial charge in [-0.2, -0.15) is 0 Å². The molecule has 0 heterocycles. The first-order chi connectivity index (χ1) is 9.49. The van der Waals surface area contributed by atoms with Gasteiger partial charge in [0.05, 0.1) is 4.92 Å². The maximum Gasteiger partial charge on any atom is 0.339 e. The van der Waals surface area contributed by atoms with Crippen LogP contribution in [0.5, 0.6) is 11.5 Å². The van der Waals surface area contributed by atoms with Gasteiger partial charge in [0, 0.05) is 11.1 Å². The SMILES string of the molecule is O=C(O)c1ccccc1Oc1ccc(Cl)cc1[N+](=O)[O-]. The number of hydrogen-bond acceptors (Lipinski definition) is 4. The molecule has 0 spiro atoms. The fourth-order valence-electron chi connectivity index (χ4n) is 1.57. The van der Waals surface area contributed by atoms with Crippen LogP contribution in [0.25, 0.3) is 0 Å². The van der Waals surface area contributed by atoms with E-state index in [1.807, 2.05) is 0 Å². The zero-order valence-corrected chi connectivity index (χ0v) is 10.7. The molecule has 6 nitrogen and oxygen atoms in total. The van der Waals surface area contributed by atoms with Crippen LogP contribution in [-0.2, 0) is 0 Å². The lowest BCUT2D eigenvalue weighted by Crippen LogP contribution is -2.00. The van der Waals surface area contributed by atoms with Gasteiger partial charge in [-0.05, 0) is 24.3 Å². The van der Waals surface area contributed by atoms with Crippen molar-refractivity contribution in [2.75, 3.05) is 0 Å². The predicted molar refractivity (Wildman–Crippen MR) is 71.6 cm³/mol. The Balaban J connectivity index is 2.45. The fraction of sp³-hybridized carbons (Fsp3) is 0. The number of carboxylic acids is 1. The van der Waals surface area contributed by atoms with Gasteiger partial charge in [0.1, 0.15) is 11.3 Å². The molecule has 0 amide bonds. The van der Waals surface area contributed by atoms with Crippen molar-refractivity contribution in [1.29, 1.82) is 0 Å². The normalized spacial score (nSPS) is 10.1. The molecule has 0 bridgehead atoms. The van der Waals surface area contributed by atoms with E-state index < -0.39 is 10.9 Å². The minimum atomic E-state index is -1.18. The van der Waals surface area contributed by atoms with Crippen molar-refractivity contribution in [2.24, 2.45) is 0 Å². The molecule has 0 aliphatic heterocycles. The molecule has 2 rings (SSSR count). The Morgan fingerprint density at radius 1 is 1.20 bits per heavy atom. The van der Waals surface area contributed by atoms with Crippen LogP contribution in [0.3, 0.4) is 0 Å². The molecule has 0 fully saturated rings. The molecule has 2 aromatic rings. The monoisotopic (exact) mass is 293 g/mol. The van der Waals surface area contributed by atoms with E-state index in [9.17, 15) is 14.9 Å². The summed E-state index contributed by atoms with van der Waals surface area (Å²) >= 11 is 5.69. The Morgan fingerprint density at radius 3 is 2.55 bits per heavy atom. The lowest BCUT2D eigenvalue weighted by atomic mass is 10.2. The van der Waals surface area contributed by atoms with Crippen molar-refractivity contribution in [2.45, 2.75) is 0 Å². The van der Waals surface area contributed by atoms with E-state index in [0.29, 0.717) is 0 Å². The van der Waals surface area contributed by atoms with E-state index in [2.05, 4.69) is 0 Å². The number of carbonyl (C=O) groups is 1. The van der Waals surface area contributed by atoms with Crippen LogP contribution in [0.1, 0.15) is 10.4 Å². The number of nitro benzene ring substituents is 1. The molecule has 20 heavy (non-hydrogen) atoms. The highest BCUT2D eigenvalue weighted by molar-refractivity contribution is 6.30. The average Bonchev–Trinajstić information content (AvgIpc) is 2.41. The Labute approximate surface area is 118 Å². The zero-order valence-electron chi connectivity index (χ0n) is 9.95. The van der Waals surface area contributed by atoms with Gasteiger partial charge in [-0.25, -0.2) is 4.79 Å². The van der Waals surface area contributed by atoms with Gasteiger partial charge < -0.3 is 9.84 Å². The van der Waals surface area contributed by atoms with E-state index in [1.165, 1.54) is 30.3 Å². The highest BCUT2D eigenvalue weighted by atomic mass is 35.5. The number of nitrogens with zero attached hydrogens (tertiary/aromatic N) is 1. The number of hydrogen-bond donors (Lipinski definition) is 1. The Bertz CT molecular complexity index is 686. The Hall–Kier alpha value is -2.60.